The molecule has 0 bridgehead atoms. The van der Waals surface area contributed by atoms with E-state index in [0.29, 0.717) is 12.1 Å². The highest BCUT2D eigenvalue weighted by atomic mass is 16.2. The van der Waals surface area contributed by atoms with Gasteiger partial charge in [-0.2, -0.15) is 0 Å². The van der Waals surface area contributed by atoms with Gasteiger partial charge >= 0.3 is 5.69 Å². The SMILES string of the molecule is Cc1ccc(C)c(CC(=O)Nc2ccc3c(c2)n(C)c(=O)n3C)c1. The predicted octanol–water partition coefficient (Wildman–Crippen LogP) is 2.68. The summed E-state index contributed by atoms with van der Waals surface area (Å²) in [5.41, 5.74) is 5.53. The maximum Gasteiger partial charge on any atom is 0.328 e. The fourth-order valence-corrected chi connectivity index (χ4v) is 2.95. The highest BCUT2D eigenvalue weighted by Gasteiger charge is 2.11. The second-order valence-corrected chi connectivity index (χ2v) is 6.26. The zero-order valence-electron chi connectivity index (χ0n) is 14.4. The number of benzene rings is 2. The quantitative estimate of drug-likeness (QED) is 0.806. The van der Waals surface area contributed by atoms with E-state index in [1.54, 1.807) is 23.2 Å². The Kier molecular flexibility index (Phi) is 4.01. The van der Waals surface area contributed by atoms with Crippen LogP contribution in [0.2, 0.25) is 0 Å². The summed E-state index contributed by atoms with van der Waals surface area (Å²) in [5, 5.41) is 2.92. The number of fused-ring (bicyclic) bond motifs is 1. The number of imidazole rings is 1. The molecule has 3 rings (SSSR count). The summed E-state index contributed by atoms with van der Waals surface area (Å²) in [5.74, 6) is -0.0658. The molecule has 0 saturated heterocycles. The molecule has 5 nitrogen and oxygen atoms in total. The molecule has 0 spiro atoms. The zero-order chi connectivity index (χ0) is 17.4. The minimum Gasteiger partial charge on any atom is -0.326 e. The number of carbonyl (C=O) groups excluding carboxylic acids is 1. The van der Waals surface area contributed by atoms with Gasteiger partial charge in [-0.15, -0.1) is 0 Å². The summed E-state index contributed by atoms with van der Waals surface area (Å²) in [6.07, 6.45) is 0.333. The number of hydrogen-bond donors (Lipinski definition) is 1. The van der Waals surface area contributed by atoms with E-state index in [0.717, 1.165) is 27.7 Å². The van der Waals surface area contributed by atoms with E-state index in [9.17, 15) is 9.59 Å². The van der Waals surface area contributed by atoms with Crippen molar-refractivity contribution in [1.29, 1.82) is 0 Å². The maximum absolute atomic E-state index is 12.4. The van der Waals surface area contributed by atoms with Gasteiger partial charge in [0.05, 0.1) is 17.5 Å². The molecular weight excluding hydrogens is 302 g/mol. The minimum absolute atomic E-state index is 0.0658. The number of anilines is 1. The summed E-state index contributed by atoms with van der Waals surface area (Å²) >= 11 is 0. The van der Waals surface area contributed by atoms with Gasteiger partial charge in [0.15, 0.2) is 0 Å². The molecule has 0 aliphatic rings. The van der Waals surface area contributed by atoms with Crippen molar-refractivity contribution in [3.8, 4) is 0 Å². The van der Waals surface area contributed by atoms with Crippen LogP contribution in [0.5, 0.6) is 0 Å². The van der Waals surface area contributed by atoms with Gasteiger partial charge < -0.3 is 5.32 Å². The Morgan fingerprint density at radius 2 is 1.71 bits per heavy atom. The number of carbonyl (C=O) groups is 1. The average molecular weight is 323 g/mol. The first-order valence-electron chi connectivity index (χ1n) is 7.88. The number of nitrogens with zero attached hydrogens (tertiary/aromatic N) is 2. The molecule has 0 atom stereocenters. The van der Waals surface area contributed by atoms with Crippen molar-refractivity contribution in [3.05, 3.63) is 63.6 Å². The Morgan fingerprint density at radius 3 is 2.46 bits per heavy atom. The van der Waals surface area contributed by atoms with Gasteiger partial charge in [0.1, 0.15) is 0 Å². The van der Waals surface area contributed by atoms with E-state index in [2.05, 4.69) is 5.32 Å². The third-order valence-electron chi connectivity index (χ3n) is 4.41. The first-order chi connectivity index (χ1) is 11.4. The third kappa shape index (κ3) is 2.85. The van der Waals surface area contributed by atoms with Crippen molar-refractivity contribution in [1.82, 2.24) is 9.13 Å². The van der Waals surface area contributed by atoms with Crippen LogP contribution >= 0.6 is 0 Å². The number of nitrogens with one attached hydrogen (secondary N) is 1. The van der Waals surface area contributed by atoms with Gasteiger partial charge in [0.25, 0.3) is 0 Å². The lowest BCUT2D eigenvalue weighted by Gasteiger charge is -2.09. The number of rotatable bonds is 3. The van der Waals surface area contributed by atoms with E-state index < -0.39 is 0 Å². The molecule has 3 aromatic rings. The molecule has 124 valence electrons. The second kappa shape index (κ2) is 6.00. The van der Waals surface area contributed by atoms with Crippen LogP contribution in [0.3, 0.4) is 0 Å². The molecule has 5 heteroatoms. The predicted molar refractivity (Wildman–Crippen MR) is 96.4 cm³/mol. The molecule has 24 heavy (non-hydrogen) atoms. The standard InChI is InChI=1S/C19H21N3O2/c1-12-5-6-13(2)14(9-12)10-18(23)20-15-7-8-16-17(11-15)22(4)19(24)21(16)3/h5-9,11H,10H2,1-4H3,(H,20,23). The lowest BCUT2D eigenvalue weighted by Crippen LogP contribution is -2.19. The molecule has 1 heterocycles. The van der Waals surface area contributed by atoms with Crippen LogP contribution in [0.25, 0.3) is 11.0 Å². The summed E-state index contributed by atoms with van der Waals surface area (Å²) < 4.78 is 3.17. The van der Waals surface area contributed by atoms with E-state index in [4.69, 9.17) is 0 Å². The largest absolute Gasteiger partial charge is 0.328 e. The molecule has 0 unspecified atom stereocenters. The van der Waals surface area contributed by atoms with Gasteiger partial charge in [-0.25, -0.2) is 4.79 Å². The van der Waals surface area contributed by atoms with Crippen LogP contribution in [-0.4, -0.2) is 15.0 Å². The van der Waals surface area contributed by atoms with Crippen LogP contribution in [-0.2, 0) is 25.3 Å². The topological polar surface area (TPSA) is 56.0 Å². The zero-order valence-corrected chi connectivity index (χ0v) is 14.4. The number of aryl methyl sites for hydroxylation is 4. The molecule has 1 N–H and O–H groups in total. The molecule has 0 radical (unpaired) electrons. The number of hydrogen-bond acceptors (Lipinski definition) is 2. The van der Waals surface area contributed by atoms with E-state index in [1.165, 1.54) is 0 Å². The van der Waals surface area contributed by atoms with Crippen molar-refractivity contribution in [2.24, 2.45) is 14.1 Å². The van der Waals surface area contributed by atoms with Crippen molar-refractivity contribution in [2.45, 2.75) is 20.3 Å². The van der Waals surface area contributed by atoms with E-state index in [-0.39, 0.29) is 11.6 Å². The molecule has 0 saturated carbocycles. The Labute approximate surface area is 140 Å². The van der Waals surface area contributed by atoms with Crippen LogP contribution < -0.4 is 11.0 Å². The third-order valence-corrected chi connectivity index (χ3v) is 4.41. The summed E-state index contributed by atoms with van der Waals surface area (Å²) in [7, 11) is 3.47. The lowest BCUT2D eigenvalue weighted by molar-refractivity contribution is -0.115. The van der Waals surface area contributed by atoms with Gasteiger partial charge in [-0.3, -0.25) is 13.9 Å². The number of amides is 1. The lowest BCUT2D eigenvalue weighted by atomic mass is 10.0. The molecule has 2 aromatic carbocycles. The fourth-order valence-electron chi connectivity index (χ4n) is 2.95. The van der Waals surface area contributed by atoms with Gasteiger partial charge in [0, 0.05) is 19.8 Å². The molecule has 0 aliphatic heterocycles. The molecule has 1 amide bonds. The maximum atomic E-state index is 12.4. The Hall–Kier alpha value is -2.82. The molecular formula is C19H21N3O2. The van der Waals surface area contributed by atoms with Gasteiger partial charge in [0.2, 0.25) is 5.91 Å². The van der Waals surface area contributed by atoms with Crippen LogP contribution in [0, 0.1) is 13.8 Å². The Morgan fingerprint density at radius 1 is 1.00 bits per heavy atom. The van der Waals surface area contributed by atoms with Crippen molar-refractivity contribution in [3.63, 3.8) is 0 Å². The van der Waals surface area contributed by atoms with Crippen molar-refractivity contribution >= 4 is 22.6 Å². The fraction of sp³-hybridized carbons (Fsp3) is 0.263. The van der Waals surface area contributed by atoms with Crippen molar-refractivity contribution in [2.75, 3.05) is 5.32 Å². The molecule has 0 fully saturated rings. The average Bonchev–Trinajstić information content (AvgIpc) is 2.75. The van der Waals surface area contributed by atoms with Crippen LogP contribution in [0.1, 0.15) is 16.7 Å². The van der Waals surface area contributed by atoms with Crippen molar-refractivity contribution < 1.29 is 4.79 Å². The van der Waals surface area contributed by atoms with E-state index in [1.807, 2.05) is 50.2 Å². The second-order valence-electron chi connectivity index (χ2n) is 6.26. The normalized spacial score (nSPS) is 11.0. The summed E-state index contributed by atoms with van der Waals surface area (Å²) in [4.78, 5) is 24.3. The molecule has 1 aromatic heterocycles. The monoisotopic (exact) mass is 323 g/mol. The van der Waals surface area contributed by atoms with E-state index >= 15 is 0 Å². The smallest absolute Gasteiger partial charge is 0.326 e. The van der Waals surface area contributed by atoms with Crippen LogP contribution in [0.4, 0.5) is 5.69 Å². The highest BCUT2D eigenvalue weighted by molar-refractivity contribution is 5.94. The summed E-state index contributed by atoms with van der Waals surface area (Å²) in [6, 6.07) is 11.6. The molecule has 0 aliphatic carbocycles. The number of aromatic nitrogens is 2. The Balaban J connectivity index is 1.84. The summed E-state index contributed by atoms with van der Waals surface area (Å²) in [6.45, 7) is 4.03. The van der Waals surface area contributed by atoms with Gasteiger partial charge in [-0.05, 0) is 43.2 Å². The first kappa shape index (κ1) is 16.1. The first-order valence-corrected chi connectivity index (χ1v) is 7.88. The van der Waals surface area contributed by atoms with Crippen LogP contribution in [0.15, 0.2) is 41.2 Å². The highest BCUT2D eigenvalue weighted by Crippen LogP contribution is 2.18. The van der Waals surface area contributed by atoms with Gasteiger partial charge in [-0.1, -0.05) is 23.8 Å². The Bertz CT molecular complexity index is 996. The minimum atomic E-state index is -0.0798.